The van der Waals surface area contributed by atoms with E-state index >= 15 is 0 Å². The molecule has 25 heavy (non-hydrogen) atoms. The Bertz CT molecular complexity index is 762. The van der Waals surface area contributed by atoms with E-state index in [1.165, 1.54) is 12.1 Å². The van der Waals surface area contributed by atoms with Crippen molar-refractivity contribution in [2.75, 3.05) is 7.05 Å². The molecule has 2 rings (SSSR count). The van der Waals surface area contributed by atoms with Gasteiger partial charge in [-0.05, 0) is 5.56 Å². The molecule has 134 valence electrons. The smallest absolute Gasteiger partial charge is 0.269 e. The molecule has 1 aromatic heterocycles. The fraction of sp³-hybridized carbons (Fsp3) is 0.412. The molecule has 8 nitrogen and oxygen atoms in total. The zero-order valence-electron chi connectivity index (χ0n) is 14.9. The maximum absolute atomic E-state index is 10.8. The van der Waals surface area contributed by atoms with Gasteiger partial charge in [0, 0.05) is 31.1 Å². The van der Waals surface area contributed by atoms with Gasteiger partial charge >= 0.3 is 0 Å². The number of nitro benzene ring substituents is 1. The second-order valence-corrected chi connectivity index (χ2v) is 6.57. The molecule has 0 unspecified atom stereocenters. The summed E-state index contributed by atoms with van der Waals surface area (Å²) in [7, 11) is 1.65. The number of hydrogen-bond acceptors (Lipinski definition) is 5. The van der Waals surface area contributed by atoms with Crippen molar-refractivity contribution in [3.05, 3.63) is 57.8 Å². The van der Waals surface area contributed by atoms with Gasteiger partial charge in [-0.25, -0.2) is 4.98 Å². The molecule has 0 aliphatic heterocycles. The van der Waals surface area contributed by atoms with E-state index < -0.39 is 4.92 Å². The van der Waals surface area contributed by atoms with Gasteiger partial charge in [-0.15, -0.1) is 0 Å². The fourth-order valence-corrected chi connectivity index (χ4v) is 2.08. The molecule has 0 spiro atoms. The zero-order chi connectivity index (χ0) is 18.4. The Morgan fingerprint density at radius 1 is 1.32 bits per heavy atom. The van der Waals surface area contributed by atoms with Crippen LogP contribution in [-0.4, -0.2) is 22.9 Å². The van der Waals surface area contributed by atoms with Gasteiger partial charge in [0.2, 0.25) is 5.89 Å². The van der Waals surface area contributed by atoms with Gasteiger partial charge in [0.05, 0.1) is 17.7 Å². The molecule has 0 radical (unpaired) electrons. The molecule has 0 bridgehead atoms. The lowest BCUT2D eigenvalue weighted by Crippen LogP contribution is -2.36. The van der Waals surface area contributed by atoms with Gasteiger partial charge in [0.25, 0.3) is 5.69 Å². The van der Waals surface area contributed by atoms with Crippen LogP contribution < -0.4 is 10.6 Å². The van der Waals surface area contributed by atoms with Crippen LogP contribution in [0.15, 0.2) is 39.9 Å². The third-order valence-electron chi connectivity index (χ3n) is 3.50. The highest BCUT2D eigenvalue weighted by atomic mass is 16.6. The normalized spacial score (nSPS) is 12.1. The van der Waals surface area contributed by atoms with Crippen LogP contribution in [-0.2, 0) is 18.5 Å². The molecular formula is C17H23N5O3. The van der Waals surface area contributed by atoms with Crippen molar-refractivity contribution in [1.82, 2.24) is 15.6 Å². The maximum atomic E-state index is 10.8. The van der Waals surface area contributed by atoms with E-state index in [4.69, 9.17) is 4.42 Å². The standard InChI is InChI=1S/C17H23N5O3/c1-17(2,3)14-10-19-15(25-14)11-21-16(18-4)20-9-12-6-5-7-13(8-12)22(23)24/h5-8,10H,9,11H2,1-4H3,(H2,18,20,21). The summed E-state index contributed by atoms with van der Waals surface area (Å²) in [4.78, 5) is 18.8. The first-order valence-electron chi connectivity index (χ1n) is 7.92. The quantitative estimate of drug-likeness (QED) is 0.373. The third kappa shape index (κ3) is 5.30. The van der Waals surface area contributed by atoms with Gasteiger partial charge in [-0.2, -0.15) is 0 Å². The summed E-state index contributed by atoms with van der Waals surface area (Å²) in [5.41, 5.74) is 0.771. The number of aliphatic imine (C=N–C) groups is 1. The molecular weight excluding hydrogens is 322 g/mol. The van der Waals surface area contributed by atoms with Crippen molar-refractivity contribution in [3.8, 4) is 0 Å². The van der Waals surface area contributed by atoms with Crippen LogP contribution in [0.1, 0.15) is 38.0 Å². The molecule has 0 fully saturated rings. The van der Waals surface area contributed by atoms with Crippen LogP contribution in [0.5, 0.6) is 0 Å². The van der Waals surface area contributed by atoms with Gasteiger partial charge in [0.15, 0.2) is 5.96 Å². The number of hydrogen-bond donors (Lipinski definition) is 2. The number of oxazole rings is 1. The summed E-state index contributed by atoms with van der Waals surface area (Å²) in [6.07, 6.45) is 1.73. The second kappa shape index (κ2) is 7.78. The SMILES string of the molecule is CN=C(NCc1cccc([N+](=O)[O-])c1)NCc1ncc(C(C)(C)C)o1. The summed E-state index contributed by atoms with van der Waals surface area (Å²) >= 11 is 0. The van der Waals surface area contributed by atoms with E-state index in [1.807, 2.05) is 6.07 Å². The Morgan fingerprint density at radius 3 is 2.64 bits per heavy atom. The predicted octanol–water partition coefficient (Wildman–Crippen LogP) is 2.75. The minimum absolute atomic E-state index is 0.0664. The van der Waals surface area contributed by atoms with Crippen LogP contribution in [0.2, 0.25) is 0 Å². The Labute approximate surface area is 146 Å². The van der Waals surface area contributed by atoms with E-state index in [1.54, 1.807) is 19.3 Å². The number of nitrogens with one attached hydrogen (secondary N) is 2. The Balaban J connectivity index is 1.90. The van der Waals surface area contributed by atoms with E-state index in [9.17, 15) is 10.1 Å². The summed E-state index contributed by atoms with van der Waals surface area (Å²) in [6.45, 7) is 6.99. The Kier molecular flexibility index (Phi) is 5.74. The zero-order valence-corrected chi connectivity index (χ0v) is 14.9. The van der Waals surface area contributed by atoms with E-state index in [2.05, 4.69) is 41.4 Å². The molecule has 2 N–H and O–H groups in total. The highest BCUT2D eigenvalue weighted by Crippen LogP contribution is 2.22. The fourth-order valence-electron chi connectivity index (χ4n) is 2.08. The second-order valence-electron chi connectivity index (χ2n) is 6.57. The largest absolute Gasteiger partial charge is 0.443 e. The molecule has 8 heteroatoms. The molecule has 0 aliphatic carbocycles. The number of rotatable bonds is 5. The van der Waals surface area contributed by atoms with Gasteiger partial charge in [0.1, 0.15) is 5.76 Å². The number of non-ortho nitro benzene ring substituents is 1. The van der Waals surface area contributed by atoms with Gasteiger partial charge < -0.3 is 15.1 Å². The first-order chi connectivity index (χ1) is 11.8. The summed E-state index contributed by atoms with van der Waals surface area (Å²) in [5.74, 6) is 1.95. The first kappa shape index (κ1) is 18.4. The van der Waals surface area contributed by atoms with Gasteiger partial charge in [-0.1, -0.05) is 32.9 Å². The van der Waals surface area contributed by atoms with Crippen molar-refractivity contribution in [1.29, 1.82) is 0 Å². The highest BCUT2D eigenvalue weighted by Gasteiger charge is 2.19. The topological polar surface area (TPSA) is 106 Å². The lowest BCUT2D eigenvalue weighted by Gasteiger charge is -2.13. The molecule has 0 amide bonds. The summed E-state index contributed by atoms with van der Waals surface area (Å²) in [6, 6.07) is 6.47. The molecule has 1 aromatic carbocycles. The monoisotopic (exact) mass is 345 g/mol. The van der Waals surface area contributed by atoms with Crippen molar-refractivity contribution < 1.29 is 9.34 Å². The number of guanidine groups is 1. The molecule has 1 heterocycles. The molecule has 0 saturated carbocycles. The van der Waals surface area contributed by atoms with E-state index in [0.29, 0.717) is 24.9 Å². The number of nitro groups is 1. The Morgan fingerprint density at radius 2 is 2.04 bits per heavy atom. The van der Waals surface area contributed by atoms with Crippen molar-refractivity contribution in [2.24, 2.45) is 4.99 Å². The van der Waals surface area contributed by atoms with Crippen LogP contribution in [0.25, 0.3) is 0 Å². The lowest BCUT2D eigenvalue weighted by atomic mass is 9.94. The van der Waals surface area contributed by atoms with Crippen molar-refractivity contribution in [2.45, 2.75) is 39.3 Å². The van der Waals surface area contributed by atoms with E-state index in [0.717, 1.165) is 11.3 Å². The van der Waals surface area contributed by atoms with Crippen LogP contribution in [0, 0.1) is 10.1 Å². The first-order valence-corrected chi connectivity index (χ1v) is 7.92. The molecule has 0 aliphatic rings. The van der Waals surface area contributed by atoms with Crippen molar-refractivity contribution in [3.63, 3.8) is 0 Å². The summed E-state index contributed by atoms with van der Waals surface area (Å²) < 4.78 is 5.72. The molecule has 2 aromatic rings. The van der Waals surface area contributed by atoms with Gasteiger partial charge in [-0.3, -0.25) is 15.1 Å². The average molecular weight is 345 g/mol. The van der Waals surface area contributed by atoms with Crippen LogP contribution >= 0.6 is 0 Å². The predicted molar refractivity (Wildman–Crippen MR) is 95.3 cm³/mol. The van der Waals surface area contributed by atoms with Crippen LogP contribution in [0.4, 0.5) is 5.69 Å². The van der Waals surface area contributed by atoms with Crippen molar-refractivity contribution >= 4 is 11.6 Å². The average Bonchev–Trinajstić information content (AvgIpc) is 3.04. The maximum Gasteiger partial charge on any atom is 0.269 e. The number of aromatic nitrogens is 1. The molecule has 0 atom stereocenters. The van der Waals surface area contributed by atoms with E-state index in [-0.39, 0.29) is 11.1 Å². The lowest BCUT2D eigenvalue weighted by molar-refractivity contribution is -0.384. The number of nitrogens with zero attached hydrogens (tertiary/aromatic N) is 3. The minimum Gasteiger partial charge on any atom is -0.443 e. The molecule has 0 saturated heterocycles. The van der Waals surface area contributed by atoms with Crippen LogP contribution in [0.3, 0.4) is 0 Å². The minimum atomic E-state index is -0.411. The number of benzene rings is 1. The summed E-state index contributed by atoms with van der Waals surface area (Å²) in [5, 5.41) is 17.0. The third-order valence-corrected chi connectivity index (χ3v) is 3.50. The highest BCUT2D eigenvalue weighted by molar-refractivity contribution is 5.79. The Hall–Kier alpha value is -2.90.